The number of carbonyl (C=O) groups is 1. The molecule has 0 bridgehead atoms. The van der Waals surface area contributed by atoms with Crippen molar-refractivity contribution in [2.24, 2.45) is 5.73 Å². The third kappa shape index (κ3) is 3.44. The van der Waals surface area contributed by atoms with E-state index in [1.165, 1.54) is 0 Å². The van der Waals surface area contributed by atoms with Crippen molar-refractivity contribution >= 4 is 5.91 Å². The van der Waals surface area contributed by atoms with E-state index in [4.69, 9.17) is 5.73 Å². The summed E-state index contributed by atoms with van der Waals surface area (Å²) in [5.41, 5.74) is 6.99. The number of aryl methyl sites for hydroxylation is 1. The van der Waals surface area contributed by atoms with Gasteiger partial charge in [0.1, 0.15) is 0 Å². The summed E-state index contributed by atoms with van der Waals surface area (Å²) >= 11 is 0. The van der Waals surface area contributed by atoms with Crippen molar-refractivity contribution in [1.29, 1.82) is 0 Å². The molecule has 1 heterocycles. The fourth-order valence-electron chi connectivity index (χ4n) is 3.01. The highest BCUT2D eigenvalue weighted by Gasteiger charge is 2.31. The molecule has 3 N–H and O–H groups in total. The molecule has 1 amide bonds. The monoisotopic (exact) mass is 294 g/mol. The molecule has 118 valence electrons. The molecule has 2 rings (SSSR count). The topological polar surface area (TPSA) is 84.4 Å². The van der Waals surface area contributed by atoms with Crippen molar-refractivity contribution in [3.05, 3.63) is 17.5 Å². The van der Waals surface area contributed by atoms with Crippen molar-refractivity contribution in [1.82, 2.24) is 14.7 Å². The predicted molar refractivity (Wildman–Crippen MR) is 81.0 cm³/mol. The van der Waals surface area contributed by atoms with E-state index in [9.17, 15) is 9.90 Å². The van der Waals surface area contributed by atoms with Crippen molar-refractivity contribution in [3.8, 4) is 0 Å². The number of aliphatic hydroxyl groups is 1. The number of amides is 1. The van der Waals surface area contributed by atoms with Gasteiger partial charge >= 0.3 is 0 Å². The standard InChI is InChI=1S/C15H26N4O2/c1-11-12(10-17-19(11)9-5-8-16)15(21)18(2)13-6-3-4-7-14(13)20/h10,13-14,20H,3-9,16H2,1-2H3. The molecule has 1 aliphatic rings. The molecule has 0 aliphatic heterocycles. The van der Waals surface area contributed by atoms with Gasteiger partial charge in [0.25, 0.3) is 5.91 Å². The normalized spacial score (nSPS) is 22.3. The van der Waals surface area contributed by atoms with Crippen LogP contribution in [0.25, 0.3) is 0 Å². The van der Waals surface area contributed by atoms with E-state index >= 15 is 0 Å². The van der Waals surface area contributed by atoms with Gasteiger partial charge in [-0.3, -0.25) is 9.48 Å². The lowest BCUT2D eigenvalue weighted by atomic mass is 9.91. The Morgan fingerprint density at radius 2 is 2.24 bits per heavy atom. The van der Waals surface area contributed by atoms with Crippen LogP contribution in [0.15, 0.2) is 6.20 Å². The smallest absolute Gasteiger partial charge is 0.257 e. The first-order valence-electron chi connectivity index (χ1n) is 7.74. The van der Waals surface area contributed by atoms with E-state index < -0.39 is 6.10 Å². The zero-order chi connectivity index (χ0) is 15.4. The van der Waals surface area contributed by atoms with Crippen LogP contribution in [0.1, 0.15) is 48.2 Å². The van der Waals surface area contributed by atoms with E-state index in [1.807, 2.05) is 11.6 Å². The number of carbonyl (C=O) groups excluding carboxylic acids is 1. The van der Waals surface area contributed by atoms with Gasteiger partial charge in [0.2, 0.25) is 0 Å². The second-order valence-corrected chi connectivity index (χ2v) is 5.84. The highest BCUT2D eigenvalue weighted by Crippen LogP contribution is 2.24. The molecule has 1 saturated carbocycles. The largest absolute Gasteiger partial charge is 0.391 e. The minimum atomic E-state index is -0.416. The number of likely N-dealkylation sites (N-methyl/N-ethyl adjacent to an activating group) is 1. The zero-order valence-corrected chi connectivity index (χ0v) is 13.0. The summed E-state index contributed by atoms with van der Waals surface area (Å²) in [6.07, 6.45) is 5.79. The lowest BCUT2D eigenvalue weighted by molar-refractivity contribution is 0.0267. The number of nitrogens with zero attached hydrogens (tertiary/aromatic N) is 3. The Bertz CT molecular complexity index is 486. The summed E-state index contributed by atoms with van der Waals surface area (Å²) in [6.45, 7) is 3.24. The first-order chi connectivity index (χ1) is 10.1. The Balaban J connectivity index is 2.10. The summed E-state index contributed by atoms with van der Waals surface area (Å²) in [6, 6.07) is -0.0851. The van der Waals surface area contributed by atoms with E-state index in [-0.39, 0.29) is 11.9 Å². The van der Waals surface area contributed by atoms with Gasteiger partial charge in [-0.15, -0.1) is 0 Å². The average Bonchev–Trinajstić information content (AvgIpc) is 2.85. The molecular formula is C15H26N4O2. The van der Waals surface area contributed by atoms with Crippen LogP contribution in [0.5, 0.6) is 0 Å². The van der Waals surface area contributed by atoms with Crippen LogP contribution < -0.4 is 5.73 Å². The maximum Gasteiger partial charge on any atom is 0.257 e. The minimum absolute atomic E-state index is 0.0579. The van der Waals surface area contributed by atoms with Gasteiger partial charge in [-0.25, -0.2) is 0 Å². The summed E-state index contributed by atoms with van der Waals surface area (Å²) in [5, 5.41) is 14.4. The number of rotatable bonds is 5. The number of nitrogens with two attached hydrogens (primary N) is 1. The van der Waals surface area contributed by atoms with Crippen LogP contribution in [0.4, 0.5) is 0 Å². The van der Waals surface area contributed by atoms with E-state index in [0.717, 1.165) is 44.3 Å². The fraction of sp³-hybridized carbons (Fsp3) is 0.733. The number of hydrogen-bond acceptors (Lipinski definition) is 4. The first kappa shape index (κ1) is 16.0. The molecule has 1 aromatic rings. The summed E-state index contributed by atoms with van der Waals surface area (Å²) < 4.78 is 1.82. The molecule has 1 aliphatic carbocycles. The molecule has 6 heteroatoms. The Hall–Kier alpha value is -1.40. The molecule has 2 unspecified atom stereocenters. The van der Waals surface area contributed by atoms with E-state index in [0.29, 0.717) is 12.1 Å². The molecule has 1 aromatic heterocycles. The van der Waals surface area contributed by atoms with Gasteiger partial charge in [0.05, 0.1) is 23.9 Å². The SMILES string of the molecule is Cc1c(C(=O)N(C)C2CCCCC2O)cnn1CCCN. The lowest BCUT2D eigenvalue weighted by Crippen LogP contribution is -2.46. The van der Waals surface area contributed by atoms with Crippen LogP contribution >= 0.6 is 0 Å². The number of aliphatic hydroxyl groups excluding tert-OH is 1. The highest BCUT2D eigenvalue weighted by molar-refractivity contribution is 5.95. The average molecular weight is 294 g/mol. The lowest BCUT2D eigenvalue weighted by Gasteiger charge is -2.35. The first-order valence-corrected chi connectivity index (χ1v) is 7.74. The maximum absolute atomic E-state index is 12.6. The third-order valence-electron chi connectivity index (χ3n) is 4.42. The van der Waals surface area contributed by atoms with Crippen molar-refractivity contribution < 1.29 is 9.90 Å². The van der Waals surface area contributed by atoms with Gasteiger partial charge in [0, 0.05) is 19.3 Å². The van der Waals surface area contributed by atoms with Crippen LogP contribution in [0.2, 0.25) is 0 Å². The van der Waals surface area contributed by atoms with Crippen LogP contribution in [0, 0.1) is 6.92 Å². The maximum atomic E-state index is 12.6. The minimum Gasteiger partial charge on any atom is -0.391 e. The molecule has 0 aromatic carbocycles. The molecular weight excluding hydrogens is 268 g/mol. The molecule has 6 nitrogen and oxygen atoms in total. The van der Waals surface area contributed by atoms with E-state index in [1.54, 1.807) is 18.1 Å². The molecule has 0 saturated heterocycles. The van der Waals surface area contributed by atoms with Gasteiger partial charge in [-0.05, 0) is 32.7 Å². The van der Waals surface area contributed by atoms with Crippen LogP contribution in [-0.2, 0) is 6.54 Å². The summed E-state index contributed by atoms with van der Waals surface area (Å²) in [7, 11) is 1.78. The van der Waals surface area contributed by atoms with Crippen molar-refractivity contribution in [2.75, 3.05) is 13.6 Å². The second-order valence-electron chi connectivity index (χ2n) is 5.84. The van der Waals surface area contributed by atoms with Gasteiger partial charge in [0.15, 0.2) is 0 Å². The summed E-state index contributed by atoms with van der Waals surface area (Å²) in [5.74, 6) is -0.0579. The summed E-state index contributed by atoms with van der Waals surface area (Å²) in [4.78, 5) is 14.3. The Kier molecular flexibility index (Phi) is 5.36. The molecule has 21 heavy (non-hydrogen) atoms. The predicted octanol–water partition coefficient (Wildman–Crippen LogP) is 0.916. The van der Waals surface area contributed by atoms with Crippen LogP contribution in [-0.4, -0.2) is 51.4 Å². The van der Waals surface area contributed by atoms with Crippen molar-refractivity contribution in [3.63, 3.8) is 0 Å². The Morgan fingerprint density at radius 1 is 1.52 bits per heavy atom. The number of hydrogen-bond donors (Lipinski definition) is 2. The fourth-order valence-corrected chi connectivity index (χ4v) is 3.01. The zero-order valence-electron chi connectivity index (χ0n) is 13.0. The second kappa shape index (κ2) is 7.04. The molecule has 0 spiro atoms. The van der Waals surface area contributed by atoms with Gasteiger partial charge in [-0.2, -0.15) is 5.10 Å². The van der Waals surface area contributed by atoms with E-state index in [2.05, 4.69) is 5.10 Å². The molecule has 1 fully saturated rings. The Morgan fingerprint density at radius 3 is 2.90 bits per heavy atom. The number of aromatic nitrogens is 2. The molecule has 0 radical (unpaired) electrons. The van der Waals surface area contributed by atoms with Crippen LogP contribution in [0.3, 0.4) is 0 Å². The Labute approximate surface area is 125 Å². The van der Waals surface area contributed by atoms with Gasteiger partial charge in [-0.1, -0.05) is 12.8 Å². The third-order valence-corrected chi connectivity index (χ3v) is 4.42. The highest BCUT2D eigenvalue weighted by atomic mass is 16.3. The van der Waals surface area contributed by atoms with Crippen molar-refractivity contribution in [2.45, 2.75) is 57.7 Å². The molecule has 2 atom stereocenters. The van der Waals surface area contributed by atoms with Gasteiger partial charge < -0.3 is 15.7 Å². The quantitative estimate of drug-likeness (QED) is 0.845.